The fourth-order valence-corrected chi connectivity index (χ4v) is 4.25. The molecule has 154 valence electrons. The Morgan fingerprint density at radius 2 is 2.00 bits per heavy atom. The maximum atomic E-state index is 12.3. The summed E-state index contributed by atoms with van der Waals surface area (Å²) < 4.78 is 0. The van der Waals surface area contributed by atoms with Crippen LogP contribution in [0.4, 0.5) is 5.95 Å². The quantitative estimate of drug-likeness (QED) is 0.793. The Balaban J connectivity index is 1.68. The third-order valence-electron chi connectivity index (χ3n) is 6.03. The van der Waals surface area contributed by atoms with Crippen LogP contribution in [0, 0.1) is 0 Å². The summed E-state index contributed by atoms with van der Waals surface area (Å²) in [6, 6.07) is 4.00. The third-order valence-corrected chi connectivity index (χ3v) is 6.03. The van der Waals surface area contributed by atoms with Gasteiger partial charge in [0, 0.05) is 81.3 Å². The molecule has 0 spiro atoms. The minimum Gasteiger partial charge on any atom is -0.342 e. The Bertz CT molecular complexity index is 834. The van der Waals surface area contributed by atoms with Crippen molar-refractivity contribution in [2.24, 2.45) is 0 Å². The van der Waals surface area contributed by atoms with Gasteiger partial charge in [0.25, 0.3) is 0 Å². The van der Waals surface area contributed by atoms with Crippen LogP contribution in [0.5, 0.6) is 0 Å². The van der Waals surface area contributed by atoms with Crippen LogP contribution in [0.3, 0.4) is 0 Å². The van der Waals surface area contributed by atoms with Crippen LogP contribution < -0.4 is 4.90 Å². The van der Waals surface area contributed by atoms with E-state index >= 15 is 0 Å². The predicted molar refractivity (Wildman–Crippen MR) is 114 cm³/mol. The minimum atomic E-state index is 0.226. The van der Waals surface area contributed by atoms with Crippen molar-refractivity contribution >= 4 is 11.9 Å². The van der Waals surface area contributed by atoms with Gasteiger partial charge < -0.3 is 14.7 Å². The van der Waals surface area contributed by atoms with Crippen molar-refractivity contribution in [1.29, 1.82) is 0 Å². The van der Waals surface area contributed by atoms with Gasteiger partial charge in [-0.3, -0.25) is 9.78 Å². The Hall–Kier alpha value is -2.54. The second-order valence-electron chi connectivity index (χ2n) is 8.03. The Kier molecular flexibility index (Phi) is 6.04. The summed E-state index contributed by atoms with van der Waals surface area (Å²) in [7, 11) is 2.15. The number of piperazine rings is 1. The molecule has 2 fully saturated rings. The van der Waals surface area contributed by atoms with Gasteiger partial charge in [0.15, 0.2) is 0 Å². The van der Waals surface area contributed by atoms with Crippen LogP contribution in [-0.2, 0) is 4.79 Å². The average Bonchev–Trinajstić information content (AvgIpc) is 2.79. The van der Waals surface area contributed by atoms with E-state index in [2.05, 4.69) is 27.9 Å². The van der Waals surface area contributed by atoms with Crippen molar-refractivity contribution in [1.82, 2.24) is 24.8 Å². The fourth-order valence-electron chi connectivity index (χ4n) is 4.25. The van der Waals surface area contributed by atoms with Crippen molar-refractivity contribution in [2.75, 3.05) is 51.2 Å². The normalized spacial score (nSPS) is 20.7. The van der Waals surface area contributed by atoms with Gasteiger partial charge >= 0.3 is 0 Å². The second-order valence-corrected chi connectivity index (χ2v) is 8.03. The molecule has 4 rings (SSSR count). The van der Waals surface area contributed by atoms with Gasteiger partial charge in [-0.15, -0.1) is 0 Å². The molecule has 1 amide bonds. The zero-order chi connectivity index (χ0) is 20.2. The second kappa shape index (κ2) is 8.86. The van der Waals surface area contributed by atoms with E-state index in [4.69, 9.17) is 9.97 Å². The molecular formula is C22H30N6O. The first-order chi connectivity index (χ1) is 14.2. The van der Waals surface area contributed by atoms with Crippen molar-refractivity contribution in [2.45, 2.75) is 32.1 Å². The largest absolute Gasteiger partial charge is 0.342 e. The third kappa shape index (κ3) is 4.40. The van der Waals surface area contributed by atoms with Crippen molar-refractivity contribution in [3.05, 3.63) is 36.4 Å². The summed E-state index contributed by atoms with van der Waals surface area (Å²) in [5.74, 6) is 1.26. The SMILES string of the molecule is CCC(=O)N1CCC[C@H](c2nc(N3CCN(C)CC3)ncc2-c2cccnc2)C1. The lowest BCUT2D eigenvalue weighted by Crippen LogP contribution is -2.45. The van der Waals surface area contributed by atoms with Crippen molar-refractivity contribution < 1.29 is 4.79 Å². The topological polar surface area (TPSA) is 65.5 Å². The Morgan fingerprint density at radius 1 is 1.17 bits per heavy atom. The fraction of sp³-hybridized carbons (Fsp3) is 0.545. The molecule has 2 aromatic heterocycles. The van der Waals surface area contributed by atoms with E-state index in [0.29, 0.717) is 6.42 Å². The molecule has 0 saturated carbocycles. The van der Waals surface area contributed by atoms with Gasteiger partial charge in [-0.1, -0.05) is 13.0 Å². The number of rotatable bonds is 4. The number of aromatic nitrogens is 3. The monoisotopic (exact) mass is 394 g/mol. The Labute approximate surface area is 172 Å². The molecule has 0 radical (unpaired) electrons. The molecule has 29 heavy (non-hydrogen) atoms. The number of likely N-dealkylation sites (tertiary alicyclic amines) is 1. The number of amides is 1. The molecule has 1 atom stereocenters. The van der Waals surface area contributed by atoms with Gasteiger partial charge in [0.05, 0.1) is 5.69 Å². The predicted octanol–water partition coefficient (Wildman–Crippen LogP) is 2.41. The molecule has 2 aliphatic rings. The summed E-state index contributed by atoms with van der Waals surface area (Å²) in [6.07, 6.45) is 8.21. The van der Waals surface area contributed by atoms with Crippen LogP contribution >= 0.6 is 0 Å². The zero-order valence-corrected chi connectivity index (χ0v) is 17.4. The highest BCUT2D eigenvalue weighted by atomic mass is 16.2. The van der Waals surface area contributed by atoms with E-state index in [9.17, 15) is 4.79 Å². The van der Waals surface area contributed by atoms with Crippen LogP contribution in [0.25, 0.3) is 11.1 Å². The number of anilines is 1. The summed E-state index contributed by atoms with van der Waals surface area (Å²) in [4.78, 5) is 33.0. The molecule has 7 heteroatoms. The first-order valence-electron chi connectivity index (χ1n) is 10.6. The molecule has 2 aliphatic heterocycles. The highest BCUT2D eigenvalue weighted by Crippen LogP contribution is 2.34. The average molecular weight is 395 g/mol. The maximum absolute atomic E-state index is 12.3. The summed E-state index contributed by atoms with van der Waals surface area (Å²) >= 11 is 0. The molecule has 0 aromatic carbocycles. The van der Waals surface area contributed by atoms with Gasteiger partial charge in [0.2, 0.25) is 11.9 Å². The smallest absolute Gasteiger partial charge is 0.225 e. The van der Waals surface area contributed by atoms with Crippen LogP contribution in [0.15, 0.2) is 30.7 Å². The number of hydrogen-bond acceptors (Lipinski definition) is 6. The van der Waals surface area contributed by atoms with E-state index in [-0.39, 0.29) is 11.8 Å². The highest BCUT2D eigenvalue weighted by molar-refractivity contribution is 5.76. The van der Waals surface area contributed by atoms with Crippen LogP contribution in [0.1, 0.15) is 37.8 Å². The molecular weight excluding hydrogens is 364 g/mol. The lowest BCUT2D eigenvalue weighted by Gasteiger charge is -2.35. The first kappa shape index (κ1) is 19.8. The minimum absolute atomic E-state index is 0.226. The van der Waals surface area contributed by atoms with E-state index < -0.39 is 0 Å². The van der Waals surface area contributed by atoms with E-state index in [1.807, 2.05) is 30.3 Å². The van der Waals surface area contributed by atoms with Gasteiger partial charge in [-0.25, -0.2) is 9.97 Å². The molecule has 0 bridgehead atoms. The van der Waals surface area contributed by atoms with Crippen molar-refractivity contribution in [3.8, 4) is 11.1 Å². The number of hydrogen-bond donors (Lipinski definition) is 0. The number of piperidine rings is 1. The van der Waals surface area contributed by atoms with Crippen LogP contribution in [-0.4, -0.2) is 77.0 Å². The lowest BCUT2D eigenvalue weighted by atomic mass is 9.90. The Morgan fingerprint density at radius 3 is 2.72 bits per heavy atom. The van der Waals surface area contributed by atoms with Gasteiger partial charge in [-0.05, 0) is 26.0 Å². The molecule has 0 aliphatic carbocycles. The molecule has 0 N–H and O–H groups in total. The molecule has 2 saturated heterocycles. The summed E-state index contributed by atoms with van der Waals surface area (Å²) in [5.41, 5.74) is 3.12. The van der Waals surface area contributed by atoms with E-state index in [1.54, 1.807) is 6.20 Å². The first-order valence-corrected chi connectivity index (χ1v) is 10.6. The zero-order valence-electron chi connectivity index (χ0n) is 17.4. The summed E-state index contributed by atoms with van der Waals surface area (Å²) in [5, 5.41) is 0. The maximum Gasteiger partial charge on any atom is 0.225 e. The highest BCUT2D eigenvalue weighted by Gasteiger charge is 2.28. The lowest BCUT2D eigenvalue weighted by molar-refractivity contribution is -0.132. The molecule has 4 heterocycles. The molecule has 7 nitrogen and oxygen atoms in total. The molecule has 0 unspecified atom stereocenters. The molecule has 2 aromatic rings. The number of nitrogens with zero attached hydrogens (tertiary/aromatic N) is 6. The van der Waals surface area contributed by atoms with E-state index in [0.717, 1.165) is 74.9 Å². The number of carbonyl (C=O) groups excluding carboxylic acids is 1. The van der Waals surface area contributed by atoms with Crippen molar-refractivity contribution in [3.63, 3.8) is 0 Å². The van der Waals surface area contributed by atoms with Gasteiger partial charge in [-0.2, -0.15) is 0 Å². The number of carbonyl (C=O) groups is 1. The summed E-state index contributed by atoms with van der Waals surface area (Å²) in [6.45, 7) is 7.43. The van der Waals surface area contributed by atoms with Gasteiger partial charge in [0.1, 0.15) is 0 Å². The van der Waals surface area contributed by atoms with E-state index in [1.165, 1.54) is 0 Å². The number of pyridine rings is 1. The standard InChI is InChI=1S/C22H30N6O/c1-3-20(29)28-9-5-7-18(16-28)21-19(17-6-4-8-23-14-17)15-24-22(25-21)27-12-10-26(2)11-13-27/h4,6,8,14-15,18H,3,5,7,9-13,16H2,1-2H3/t18-/m0/s1. The number of likely N-dealkylation sites (N-methyl/N-ethyl adjacent to an activating group) is 1. The van der Waals surface area contributed by atoms with Crippen LogP contribution in [0.2, 0.25) is 0 Å².